The molecule has 0 bridgehead atoms. The van der Waals surface area contributed by atoms with E-state index in [2.05, 4.69) is 10.3 Å². The predicted octanol–water partition coefficient (Wildman–Crippen LogP) is 3.20. The van der Waals surface area contributed by atoms with Crippen LogP contribution in [0.3, 0.4) is 0 Å². The van der Waals surface area contributed by atoms with Gasteiger partial charge in [0.1, 0.15) is 18.3 Å². The van der Waals surface area contributed by atoms with Crippen LogP contribution in [0.1, 0.15) is 26.9 Å². The summed E-state index contributed by atoms with van der Waals surface area (Å²) in [6, 6.07) is 10.3. The number of benzene rings is 3. The fraction of sp³-hybridized carbons (Fsp3) is 0.231. The maximum atomic E-state index is 13.2. The second kappa shape index (κ2) is 8.14. The molecule has 1 fully saturated rings. The van der Waals surface area contributed by atoms with E-state index in [0.717, 1.165) is 0 Å². The Morgan fingerprint density at radius 1 is 0.868 bits per heavy atom. The molecule has 3 aromatic carbocycles. The molecule has 5 atom stereocenters. The minimum Gasteiger partial charge on any atom is -0.387 e. The molecule has 0 aliphatic carbocycles. The molecular weight excluding hydrogens is 537 g/mol. The highest BCUT2D eigenvalue weighted by Gasteiger charge is 2.47. The van der Waals surface area contributed by atoms with Gasteiger partial charge in [-0.25, -0.2) is 0 Å². The van der Waals surface area contributed by atoms with Crippen molar-refractivity contribution in [2.24, 2.45) is 0 Å². The molecule has 2 amide bonds. The van der Waals surface area contributed by atoms with Gasteiger partial charge in [-0.05, 0) is 12.1 Å². The maximum absolute atomic E-state index is 13.2. The van der Waals surface area contributed by atoms with Gasteiger partial charge in [0.05, 0.1) is 43.2 Å². The van der Waals surface area contributed by atoms with Gasteiger partial charge in [-0.15, -0.1) is 0 Å². The lowest BCUT2D eigenvalue weighted by Gasteiger charge is -2.40. The van der Waals surface area contributed by atoms with E-state index < -0.39 is 42.6 Å². The molecule has 2 aliphatic heterocycles. The van der Waals surface area contributed by atoms with Crippen LogP contribution in [-0.2, 0) is 9.47 Å². The summed E-state index contributed by atoms with van der Waals surface area (Å²) in [5.41, 5.74) is 2.06. The van der Waals surface area contributed by atoms with Crippen LogP contribution in [0, 0.1) is 0 Å². The molecule has 0 radical (unpaired) electrons. The summed E-state index contributed by atoms with van der Waals surface area (Å²) in [7, 11) is 1.28. The number of fused-ring (bicyclic) bond motifs is 10. The van der Waals surface area contributed by atoms with E-state index in [4.69, 9.17) is 32.7 Å². The Kier molecular flexibility index (Phi) is 5.11. The number of rotatable bonds is 2. The van der Waals surface area contributed by atoms with E-state index in [0.29, 0.717) is 48.6 Å². The number of ether oxygens (including phenoxy) is 2. The van der Waals surface area contributed by atoms with Gasteiger partial charge in [-0.3, -0.25) is 14.9 Å². The largest absolute Gasteiger partial charge is 0.387 e. The zero-order valence-corrected chi connectivity index (χ0v) is 21.0. The summed E-state index contributed by atoms with van der Waals surface area (Å²) in [6.07, 6.45) is -7.23. The second-order valence-corrected chi connectivity index (χ2v) is 10.2. The van der Waals surface area contributed by atoms with Gasteiger partial charge in [-0.2, -0.15) is 0 Å². The number of methoxy groups -OCH3 is 1. The SMILES string of the molecule is COC1C(O)OC(n2c3c(Cl)cccc3c3c4c(c5c6cccc(Cl)c6[nH]c5c32)C(=O)NC4=O)C(O)C1O. The van der Waals surface area contributed by atoms with Gasteiger partial charge in [-0.1, -0.05) is 47.5 Å². The Morgan fingerprint density at radius 2 is 1.53 bits per heavy atom. The number of para-hydroxylation sites is 2. The summed E-state index contributed by atoms with van der Waals surface area (Å²) in [4.78, 5) is 29.7. The van der Waals surface area contributed by atoms with Crippen molar-refractivity contribution in [2.75, 3.05) is 7.11 Å². The number of nitrogens with zero attached hydrogens (tertiary/aromatic N) is 1. The van der Waals surface area contributed by atoms with Crippen LogP contribution >= 0.6 is 23.2 Å². The Morgan fingerprint density at radius 3 is 2.24 bits per heavy atom. The lowest BCUT2D eigenvalue weighted by molar-refractivity contribution is -0.304. The van der Waals surface area contributed by atoms with Crippen molar-refractivity contribution in [3.63, 3.8) is 0 Å². The molecule has 2 aliphatic rings. The van der Waals surface area contributed by atoms with Crippen molar-refractivity contribution in [1.82, 2.24) is 14.9 Å². The summed E-state index contributed by atoms with van der Waals surface area (Å²) < 4.78 is 12.5. The molecule has 0 spiro atoms. The number of imide groups is 1. The third-order valence-corrected chi connectivity index (χ3v) is 8.11. The Labute approximate surface area is 223 Å². The number of amides is 2. The number of aliphatic hydroxyl groups excluding tert-OH is 3. The Bertz CT molecular complexity index is 1860. The van der Waals surface area contributed by atoms with E-state index in [1.165, 1.54) is 11.7 Å². The number of aromatic nitrogens is 2. The van der Waals surface area contributed by atoms with Gasteiger partial charge in [0, 0.05) is 28.7 Å². The van der Waals surface area contributed by atoms with Crippen molar-refractivity contribution >= 4 is 78.6 Å². The van der Waals surface area contributed by atoms with Crippen molar-refractivity contribution in [1.29, 1.82) is 0 Å². The van der Waals surface area contributed by atoms with Gasteiger partial charge in [0.2, 0.25) is 0 Å². The average Bonchev–Trinajstić information content (AvgIpc) is 3.52. The first-order chi connectivity index (χ1) is 18.2. The molecule has 1 saturated heterocycles. The van der Waals surface area contributed by atoms with Crippen LogP contribution < -0.4 is 5.32 Å². The van der Waals surface area contributed by atoms with Crippen molar-refractivity contribution in [3.05, 3.63) is 57.6 Å². The van der Waals surface area contributed by atoms with E-state index in [9.17, 15) is 24.9 Å². The molecule has 5 aromatic rings. The molecule has 10 nitrogen and oxygen atoms in total. The Hall–Kier alpha value is -3.22. The van der Waals surface area contributed by atoms with Crippen LogP contribution in [0.4, 0.5) is 0 Å². The highest BCUT2D eigenvalue weighted by molar-refractivity contribution is 6.43. The number of hydrogen-bond acceptors (Lipinski definition) is 7. The van der Waals surface area contributed by atoms with Crippen molar-refractivity contribution in [3.8, 4) is 0 Å². The summed E-state index contributed by atoms with van der Waals surface area (Å²) in [5.74, 6) is -1.14. The number of hydrogen-bond donors (Lipinski definition) is 5. The third kappa shape index (κ3) is 2.90. The quantitative estimate of drug-likeness (QED) is 0.210. The fourth-order valence-corrected chi connectivity index (χ4v) is 6.42. The summed E-state index contributed by atoms with van der Waals surface area (Å²) >= 11 is 13.2. The Balaban J connectivity index is 1.73. The number of carbonyl (C=O) groups is 2. The van der Waals surface area contributed by atoms with Crippen LogP contribution in [0.25, 0.3) is 43.6 Å². The summed E-state index contributed by atoms with van der Waals surface area (Å²) in [6.45, 7) is 0. The molecule has 5 N–H and O–H groups in total. The first-order valence-electron chi connectivity index (χ1n) is 11.7. The third-order valence-electron chi connectivity index (χ3n) is 7.49. The number of halogens is 2. The van der Waals surface area contributed by atoms with E-state index in [1.54, 1.807) is 36.4 Å². The second-order valence-electron chi connectivity index (χ2n) is 9.40. The first-order valence-corrected chi connectivity index (χ1v) is 12.5. The monoisotopic (exact) mass is 555 g/mol. The van der Waals surface area contributed by atoms with Crippen LogP contribution in [0.5, 0.6) is 0 Å². The highest BCUT2D eigenvalue weighted by atomic mass is 35.5. The lowest BCUT2D eigenvalue weighted by atomic mass is 9.96. The number of aromatic amines is 1. The van der Waals surface area contributed by atoms with Crippen LogP contribution in [0.15, 0.2) is 36.4 Å². The molecule has 2 aromatic heterocycles. The zero-order valence-electron chi connectivity index (χ0n) is 19.5. The van der Waals surface area contributed by atoms with Gasteiger partial charge in [0.15, 0.2) is 12.5 Å². The van der Waals surface area contributed by atoms with Crippen LogP contribution in [-0.4, -0.2) is 68.4 Å². The van der Waals surface area contributed by atoms with Gasteiger partial charge >= 0.3 is 0 Å². The van der Waals surface area contributed by atoms with E-state index in [1.807, 2.05) is 0 Å². The highest BCUT2D eigenvalue weighted by Crippen LogP contribution is 2.47. The van der Waals surface area contributed by atoms with Gasteiger partial charge in [0.25, 0.3) is 11.8 Å². The normalized spacial score (nSPS) is 25.7. The molecular formula is C26H19Cl2N3O7. The van der Waals surface area contributed by atoms with Crippen molar-refractivity contribution < 1.29 is 34.4 Å². The zero-order chi connectivity index (χ0) is 26.6. The number of carbonyl (C=O) groups excluding carboxylic acids is 2. The molecule has 38 heavy (non-hydrogen) atoms. The smallest absolute Gasteiger partial charge is 0.259 e. The van der Waals surface area contributed by atoms with Gasteiger partial charge < -0.3 is 34.3 Å². The molecule has 4 heterocycles. The number of aliphatic hydroxyl groups is 3. The number of nitrogens with one attached hydrogen (secondary N) is 2. The number of H-pyrrole nitrogens is 1. The molecule has 12 heteroatoms. The minimum atomic E-state index is -1.59. The molecule has 5 unspecified atom stereocenters. The average molecular weight is 556 g/mol. The molecule has 0 saturated carbocycles. The summed E-state index contributed by atoms with van der Waals surface area (Å²) in [5, 5.41) is 37.6. The van der Waals surface area contributed by atoms with E-state index >= 15 is 0 Å². The standard InChI is InChI=1S/C26H19Cl2N3O7/c1-37-22-20(32)21(33)25(38-26(22)36)31-18-9(5-3-7-11(18)28)13-15-14(23(34)30-24(15)35)12-8-4-2-6-10(27)16(8)29-17(12)19(13)31/h2-7,20-22,25-26,29,32-33,36H,1H3,(H,30,34,35). The maximum Gasteiger partial charge on any atom is 0.259 e. The fourth-order valence-electron chi connectivity index (χ4n) is 5.93. The first kappa shape index (κ1) is 23.9. The van der Waals surface area contributed by atoms with E-state index in [-0.39, 0.29) is 16.1 Å². The molecule has 7 rings (SSSR count). The topological polar surface area (TPSA) is 146 Å². The van der Waals surface area contributed by atoms with Crippen LogP contribution in [0.2, 0.25) is 10.0 Å². The predicted molar refractivity (Wildman–Crippen MR) is 140 cm³/mol. The molecule has 194 valence electrons. The van der Waals surface area contributed by atoms with Crippen molar-refractivity contribution in [2.45, 2.75) is 30.8 Å². The minimum absolute atomic E-state index is 0.144. The lowest BCUT2D eigenvalue weighted by Crippen LogP contribution is -2.56.